The summed E-state index contributed by atoms with van der Waals surface area (Å²) in [5, 5.41) is 14.8. The molecule has 1 aromatic carbocycles. The lowest BCUT2D eigenvalue weighted by Crippen LogP contribution is -2.23. The van der Waals surface area contributed by atoms with Gasteiger partial charge in [-0.15, -0.1) is 0 Å². The molecule has 0 aliphatic rings. The second kappa shape index (κ2) is 8.58. The molecule has 0 atom stereocenters. The fourth-order valence-corrected chi connectivity index (χ4v) is 3.51. The summed E-state index contributed by atoms with van der Waals surface area (Å²) in [5.41, 5.74) is 2.75. The Labute approximate surface area is 174 Å². The Balaban J connectivity index is 1.69. The number of benzene rings is 1. The third kappa shape index (κ3) is 4.06. The van der Waals surface area contributed by atoms with Crippen molar-refractivity contribution in [1.82, 2.24) is 19.8 Å². The minimum Gasteiger partial charge on any atom is -0.507 e. The predicted molar refractivity (Wildman–Crippen MR) is 113 cm³/mol. The normalized spacial score (nSPS) is 11.1. The average molecular weight is 417 g/mol. The third-order valence-electron chi connectivity index (χ3n) is 4.08. The highest BCUT2D eigenvalue weighted by Crippen LogP contribution is 2.25. The van der Waals surface area contributed by atoms with Crippen LogP contribution in [0.25, 0.3) is 5.65 Å². The van der Waals surface area contributed by atoms with Crippen LogP contribution < -0.4 is 11.0 Å². The number of phenols is 1. The van der Waals surface area contributed by atoms with Crippen molar-refractivity contribution in [3.05, 3.63) is 94.5 Å². The monoisotopic (exact) mass is 417 g/mol. The molecule has 4 aromatic rings. The molecule has 4 rings (SSSR count). The van der Waals surface area contributed by atoms with Gasteiger partial charge >= 0.3 is 0 Å². The highest BCUT2D eigenvalue weighted by atomic mass is 32.2. The van der Waals surface area contributed by atoms with Crippen molar-refractivity contribution in [1.29, 1.82) is 0 Å². The van der Waals surface area contributed by atoms with Gasteiger partial charge in [0, 0.05) is 12.4 Å². The highest BCUT2D eigenvalue weighted by Gasteiger charge is 2.14. The molecule has 1 amide bonds. The number of hydrogen-bond acceptors (Lipinski definition) is 7. The number of para-hydroxylation sites is 1. The lowest BCUT2D eigenvalue weighted by molar-refractivity contribution is 0.0952. The molecule has 9 heteroatoms. The van der Waals surface area contributed by atoms with Crippen LogP contribution in [0.4, 0.5) is 0 Å². The molecule has 30 heavy (non-hydrogen) atoms. The number of carbonyl (C=O) groups excluding carboxylic acids is 1. The number of nitrogens with one attached hydrogen (secondary N) is 1. The van der Waals surface area contributed by atoms with E-state index >= 15 is 0 Å². The lowest BCUT2D eigenvalue weighted by atomic mass is 10.2. The number of hydrazone groups is 1. The van der Waals surface area contributed by atoms with Gasteiger partial charge in [0.05, 0.1) is 17.3 Å². The maximum absolute atomic E-state index is 13.0. The molecule has 0 fully saturated rings. The molecule has 0 saturated carbocycles. The Hall–Kier alpha value is -3.98. The third-order valence-corrected chi connectivity index (χ3v) is 5.04. The summed E-state index contributed by atoms with van der Waals surface area (Å²) in [4.78, 5) is 34.0. The van der Waals surface area contributed by atoms with Crippen molar-refractivity contribution < 1.29 is 9.90 Å². The molecule has 0 unspecified atom stereocenters. The number of amides is 1. The van der Waals surface area contributed by atoms with Crippen molar-refractivity contribution in [3.8, 4) is 5.75 Å². The number of hydrogen-bond donors (Lipinski definition) is 2. The van der Waals surface area contributed by atoms with E-state index in [1.165, 1.54) is 34.5 Å². The largest absolute Gasteiger partial charge is 0.507 e. The van der Waals surface area contributed by atoms with Crippen LogP contribution in [-0.2, 0) is 0 Å². The van der Waals surface area contributed by atoms with Crippen LogP contribution in [0.3, 0.4) is 0 Å². The van der Waals surface area contributed by atoms with Gasteiger partial charge in [-0.05, 0) is 48.2 Å². The van der Waals surface area contributed by atoms with Crippen LogP contribution >= 0.6 is 11.8 Å². The first-order valence-corrected chi connectivity index (χ1v) is 9.67. The minimum absolute atomic E-state index is 0.0751. The van der Waals surface area contributed by atoms with Crippen LogP contribution in [0.2, 0.25) is 0 Å². The van der Waals surface area contributed by atoms with Gasteiger partial charge < -0.3 is 5.11 Å². The number of phenolic OH excluding ortho intramolecular Hbond substituents is 1. The summed E-state index contributed by atoms with van der Waals surface area (Å²) in [5.74, 6) is -0.763. The number of carbonyl (C=O) groups is 1. The first kappa shape index (κ1) is 19.3. The summed E-state index contributed by atoms with van der Waals surface area (Å²) >= 11 is 1.22. The van der Waals surface area contributed by atoms with Gasteiger partial charge in [-0.25, -0.2) is 15.4 Å². The van der Waals surface area contributed by atoms with Gasteiger partial charge in [-0.1, -0.05) is 24.3 Å². The predicted octanol–water partition coefficient (Wildman–Crippen LogP) is 2.71. The molecule has 0 bridgehead atoms. The van der Waals surface area contributed by atoms with Crippen molar-refractivity contribution in [2.24, 2.45) is 5.10 Å². The Kier molecular flexibility index (Phi) is 5.53. The van der Waals surface area contributed by atoms with Crippen LogP contribution in [0, 0.1) is 0 Å². The summed E-state index contributed by atoms with van der Waals surface area (Å²) < 4.78 is 1.40. The zero-order valence-corrected chi connectivity index (χ0v) is 16.3. The average Bonchev–Trinajstić information content (AvgIpc) is 2.77. The van der Waals surface area contributed by atoms with Crippen LogP contribution in [0.1, 0.15) is 15.9 Å². The molecule has 3 heterocycles. The quantitative estimate of drug-likeness (QED) is 0.294. The van der Waals surface area contributed by atoms with Crippen molar-refractivity contribution in [3.63, 3.8) is 0 Å². The first-order valence-electron chi connectivity index (χ1n) is 8.85. The van der Waals surface area contributed by atoms with Crippen molar-refractivity contribution >= 4 is 29.5 Å². The lowest BCUT2D eigenvalue weighted by Gasteiger charge is -2.07. The second-order valence-corrected chi connectivity index (χ2v) is 7.06. The number of aromatic nitrogens is 3. The summed E-state index contributed by atoms with van der Waals surface area (Å²) in [6, 6.07) is 16.8. The zero-order chi connectivity index (χ0) is 20.9. The number of rotatable bonds is 5. The van der Waals surface area contributed by atoms with E-state index < -0.39 is 5.91 Å². The Bertz CT molecular complexity index is 1310. The molecule has 2 N–H and O–H groups in total. The fourth-order valence-electron chi connectivity index (χ4n) is 2.66. The number of aromatic hydroxyl groups is 1. The van der Waals surface area contributed by atoms with Gasteiger partial charge in [-0.3, -0.25) is 14.0 Å². The molecule has 0 saturated heterocycles. The zero-order valence-electron chi connectivity index (χ0n) is 15.5. The first-order chi connectivity index (χ1) is 14.6. The van der Waals surface area contributed by atoms with E-state index in [0.29, 0.717) is 15.7 Å². The van der Waals surface area contributed by atoms with Gasteiger partial charge in [0.25, 0.3) is 11.5 Å². The maximum atomic E-state index is 13.0. The molecule has 148 valence electrons. The standard InChI is InChI=1S/C21H15N5O3S/c27-16-8-2-1-7-14(16)19(28)25-23-13-15-20(30-18-10-3-5-11-22-18)24-17-9-4-6-12-26(17)21(15)29/h1-13,27H,(H,25,28). The molecule has 0 radical (unpaired) electrons. The molecular weight excluding hydrogens is 402 g/mol. The smallest absolute Gasteiger partial charge is 0.275 e. The van der Waals surface area contributed by atoms with E-state index in [1.54, 1.807) is 54.9 Å². The summed E-state index contributed by atoms with van der Waals surface area (Å²) in [6.45, 7) is 0. The minimum atomic E-state index is -0.600. The van der Waals surface area contributed by atoms with Crippen LogP contribution in [0.15, 0.2) is 93.0 Å². The molecule has 0 spiro atoms. The van der Waals surface area contributed by atoms with Crippen molar-refractivity contribution in [2.45, 2.75) is 10.1 Å². The fraction of sp³-hybridized carbons (Fsp3) is 0. The topological polar surface area (TPSA) is 109 Å². The molecule has 0 aliphatic carbocycles. The van der Waals surface area contributed by atoms with E-state index in [4.69, 9.17) is 0 Å². The van der Waals surface area contributed by atoms with E-state index in [9.17, 15) is 14.7 Å². The Morgan fingerprint density at radius 1 is 1.10 bits per heavy atom. The highest BCUT2D eigenvalue weighted by molar-refractivity contribution is 7.99. The van der Waals surface area contributed by atoms with E-state index in [0.717, 1.165) is 0 Å². The summed E-state index contributed by atoms with van der Waals surface area (Å²) in [6.07, 6.45) is 4.51. The number of fused-ring (bicyclic) bond motifs is 1. The molecular formula is C21H15N5O3S. The van der Waals surface area contributed by atoms with Gasteiger partial charge in [0.2, 0.25) is 0 Å². The number of nitrogens with zero attached hydrogens (tertiary/aromatic N) is 4. The molecule has 3 aromatic heterocycles. The SMILES string of the molecule is O=C(NN=Cc1c(Sc2ccccn2)nc2ccccn2c1=O)c1ccccc1O. The van der Waals surface area contributed by atoms with Gasteiger partial charge in [0.15, 0.2) is 0 Å². The maximum Gasteiger partial charge on any atom is 0.275 e. The number of pyridine rings is 2. The van der Waals surface area contributed by atoms with E-state index in [1.807, 2.05) is 6.07 Å². The van der Waals surface area contributed by atoms with Gasteiger partial charge in [0.1, 0.15) is 21.4 Å². The van der Waals surface area contributed by atoms with E-state index in [-0.39, 0.29) is 22.4 Å². The molecule has 8 nitrogen and oxygen atoms in total. The molecule has 0 aliphatic heterocycles. The Morgan fingerprint density at radius 3 is 2.70 bits per heavy atom. The van der Waals surface area contributed by atoms with Crippen molar-refractivity contribution in [2.75, 3.05) is 0 Å². The van der Waals surface area contributed by atoms with Gasteiger partial charge in [-0.2, -0.15) is 5.10 Å². The van der Waals surface area contributed by atoms with Crippen LogP contribution in [-0.4, -0.2) is 31.6 Å². The summed E-state index contributed by atoms with van der Waals surface area (Å²) in [7, 11) is 0. The van der Waals surface area contributed by atoms with Crippen LogP contribution in [0.5, 0.6) is 5.75 Å². The second-order valence-electron chi connectivity index (χ2n) is 6.05. The van der Waals surface area contributed by atoms with E-state index in [2.05, 4.69) is 20.5 Å². The Morgan fingerprint density at radius 2 is 1.90 bits per heavy atom.